The van der Waals surface area contributed by atoms with Gasteiger partial charge in [-0.2, -0.15) is 5.10 Å². The van der Waals surface area contributed by atoms with Crippen molar-refractivity contribution in [3.63, 3.8) is 0 Å². The van der Waals surface area contributed by atoms with Crippen LogP contribution in [0.25, 0.3) is 10.9 Å². The molecule has 0 saturated heterocycles. The van der Waals surface area contributed by atoms with Crippen molar-refractivity contribution in [1.82, 2.24) is 24.6 Å². The molecule has 5 nitrogen and oxygen atoms in total. The number of rotatable bonds is 7. The van der Waals surface area contributed by atoms with E-state index in [2.05, 4.69) is 62.6 Å². The average molecular weight is 345 g/mol. The van der Waals surface area contributed by atoms with Crippen molar-refractivity contribution >= 4 is 10.9 Å². The summed E-state index contributed by atoms with van der Waals surface area (Å²) in [6.07, 6.45) is 8.76. The molecule has 0 amide bonds. The third kappa shape index (κ3) is 3.68. The Morgan fingerprint density at radius 3 is 2.77 bits per heavy atom. The molecule has 0 aliphatic heterocycles. The van der Waals surface area contributed by atoms with E-state index in [9.17, 15) is 0 Å². The van der Waals surface area contributed by atoms with Gasteiger partial charge in [-0.3, -0.25) is 14.6 Å². The fourth-order valence-corrected chi connectivity index (χ4v) is 3.37. The first-order valence-corrected chi connectivity index (χ1v) is 8.93. The van der Waals surface area contributed by atoms with Gasteiger partial charge in [-0.25, -0.2) is 0 Å². The minimum atomic E-state index is 0.869. The van der Waals surface area contributed by atoms with Gasteiger partial charge in [0, 0.05) is 62.4 Å². The Morgan fingerprint density at radius 1 is 1.04 bits per heavy atom. The average Bonchev–Trinajstić information content (AvgIpc) is 3.27. The van der Waals surface area contributed by atoms with Crippen LogP contribution in [-0.4, -0.2) is 31.2 Å². The van der Waals surface area contributed by atoms with E-state index >= 15 is 0 Å². The summed E-state index contributed by atoms with van der Waals surface area (Å²) in [5, 5.41) is 5.61. The molecule has 0 bridgehead atoms. The van der Waals surface area contributed by atoms with E-state index in [1.807, 2.05) is 36.4 Å². The highest BCUT2D eigenvalue weighted by atomic mass is 15.3. The number of hydrogen-bond acceptors (Lipinski definition) is 3. The van der Waals surface area contributed by atoms with Crippen molar-refractivity contribution in [2.75, 3.05) is 6.54 Å². The van der Waals surface area contributed by atoms with E-state index in [1.54, 1.807) is 0 Å². The highest BCUT2D eigenvalue weighted by Gasteiger charge is 2.11. The molecule has 26 heavy (non-hydrogen) atoms. The molecule has 1 aromatic carbocycles. The predicted octanol–water partition coefficient (Wildman–Crippen LogP) is 3.54. The Bertz CT molecular complexity index is 970. The lowest BCUT2D eigenvalue weighted by Crippen LogP contribution is -2.26. The van der Waals surface area contributed by atoms with Gasteiger partial charge in [-0.15, -0.1) is 0 Å². The lowest BCUT2D eigenvalue weighted by molar-refractivity contribution is 0.253. The van der Waals surface area contributed by atoms with E-state index in [1.165, 1.54) is 27.7 Å². The number of aromatic amines is 1. The molecule has 1 N–H and O–H groups in total. The third-order valence-corrected chi connectivity index (χ3v) is 4.81. The molecule has 132 valence electrons. The first kappa shape index (κ1) is 16.5. The fraction of sp³-hybridized carbons (Fsp3) is 0.238. The van der Waals surface area contributed by atoms with Gasteiger partial charge in [0.15, 0.2) is 0 Å². The van der Waals surface area contributed by atoms with E-state index in [-0.39, 0.29) is 0 Å². The van der Waals surface area contributed by atoms with Crippen molar-refractivity contribution < 1.29 is 0 Å². The first-order chi connectivity index (χ1) is 12.8. The number of pyridine rings is 1. The van der Waals surface area contributed by atoms with E-state index < -0.39 is 0 Å². The Labute approximate surface area is 153 Å². The van der Waals surface area contributed by atoms with Crippen LogP contribution in [0.2, 0.25) is 0 Å². The van der Waals surface area contributed by atoms with Gasteiger partial charge in [-0.1, -0.05) is 24.3 Å². The number of aromatic nitrogens is 4. The van der Waals surface area contributed by atoms with Crippen LogP contribution in [0.3, 0.4) is 0 Å². The number of nitrogens with zero attached hydrogens (tertiary/aromatic N) is 4. The smallest absolute Gasteiger partial charge is 0.0521 e. The number of aryl methyl sites for hydroxylation is 1. The molecule has 4 rings (SSSR count). The van der Waals surface area contributed by atoms with Gasteiger partial charge in [0.05, 0.1) is 5.69 Å². The molecule has 0 atom stereocenters. The van der Waals surface area contributed by atoms with E-state index in [0.29, 0.717) is 0 Å². The maximum atomic E-state index is 4.30. The molecule has 0 radical (unpaired) electrons. The summed E-state index contributed by atoms with van der Waals surface area (Å²) in [5.74, 6) is 0. The fourth-order valence-electron chi connectivity index (χ4n) is 3.37. The first-order valence-electron chi connectivity index (χ1n) is 8.93. The molecule has 0 aliphatic carbocycles. The zero-order valence-corrected chi connectivity index (χ0v) is 15.0. The maximum absolute atomic E-state index is 4.30. The van der Waals surface area contributed by atoms with Crippen molar-refractivity contribution in [2.45, 2.75) is 19.5 Å². The molecule has 0 unspecified atom stereocenters. The molecular formula is C21H23N5. The molecule has 3 aromatic heterocycles. The zero-order chi connectivity index (χ0) is 17.8. The van der Waals surface area contributed by atoms with Crippen LogP contribution < -0.4 is 0 Å². The van der Waals surface area contributed by atoms with E-state index in [0.717, 1.165) is 26.1 Å². The minimum absolute atomic E-state index is 0.869. The summed E-state index contributed by atoms with van der Waals surface area (Å²) < 4.78 is 1.95. The van der Waals surface area contributed by atoms with Crippen LogP contribution in [0.15, 0.2) is 67.3 Å². The standard InChI is InChI=1S/C21H23N5/c1-25-19(8-11-24-25)16-26(15-17-5-4-10-22-13-17)12-9-18-14-23-21-7-3-2-6-20(18)21/h2-8,10-11,13-14,23H,9,12,15-16H2,1H3. The van der Waals surface area contributed by atoms with Crippen LogP contribution in [0.4, 0.5) is 0 Å². The van der Waals surface area contributed by atoms with Crippen molar-refractivity contribution in [2.24, 2.45) is 7.05 Å². The summed E-state index contributed by atoms with van der Waals surface area (Å²) in [4.78, 5) is 10.1. The number of hydrogen-bond donors (Lipinski definition) is 1. The summed E-state index contributed by atoms with van der Waals surface area (Å²) >= 11 is 0. The van der Waals surface area contributed by atoms with Gasteiger partial charge in [0.2, 0.25) is 0 Å². The highest BCUT2D eigenvalue weighted by molar-refractivity contribution is 5.83. The number of benzene rings is 1. The molecule has 3 heterocycles. The number of para-hydroxylation sites is 1. The second kappa shape index (κ2) is 7.54. The van der Waals surface area contributed by atoms with Gasteiger partial charge in [0.25, 0.3) is 0 Å². The van der Waals surface area contributed by atoms with Gasteiger partial charge >= 0.3 is 0 Å². The summed E-state index contributed by atoms with van der Waals surface area (Å²) in [6.45, 7) is 2.72. The SMILES string of the molecule is Cn1nccc1CN(CCc1c[nH]c2ccccc12)Cc1cccnc1. The van der Waals surface area contributed by atoms with E-state index in [4.69, 9.17) is 0 Å². The maximum Gasteiger partial charge on any atom is 0.0521 e. The Hall–Kier alpha value is -2.92. The predicted molar refractivity (Wildman–Crippen MR) is 104 cm³/mol. The minimum Gasteiger partial charge on any atom is -0.361 e. The van der Waals surface area contributed by atoms with Crippen LogP contribution >= 0.6 is 0 Å². The topological polar surface area (TPSA) is 49.7 Å². The third-order valence-electron chi connectivity index (χ3n) is 4.81. The second-order valence-electron chi connectivity index (χ2n) is 6.63. The molecule has 0 saturated carbocycles. The highest BCUT2D eigenvalue weighted by Crippen LogP contribution is 2.19. The second-order valence-corrected chi connectivity index (χ2v) is 6.63. The lowest BCUT2D eigenvalue weighted by Gasteiger charge is -2.22. The monoisotopic (exact) mass is 345 g/mol. The molecule has 5 heteroatoms. The molecule has 0 aliphatic rings. The van der Waals surface area contributed by atoms with Crippen LogP contribution in [0.1, 0.15) is 16.8 Å². The molecular weight excluding hydrogens is 322 g/mol. The van der Waals surface area contributed by atoms with Gasteiger partial charge in [0.1, 0.15) is 0 Å². The Balaban J connectivity index is 1.51. The molecule has 0 fully saturated rings. The number of fused-ring (bicyclic) bond motifs is 1. The summed E-state index contributed by atoms with van der Waals surface area (Å²) in [7, 11) is 2.00. The number of nitrogens with one attached hydrogen (secondary N) is 1. The van der Waals surface area contributed by atoms with Crippen LogP contribution in [0.5, 0.6) is 0 Å². The van der Waals surface area contributed by atoms with Gasteiger partial charge < -0.3 is 4.98 Å². The van der Waals surface area contributed by atoms with Crippen molar-refractivity contribution in [3.05, 3.63) is 84.1 Å². The normalized spacial score (nSPS) is 11.5. The molecule has 0 spiro atoms. The van der Waals surface area contributed by atoms with Gasteiger partial charge in [-0.05, 0) is 35.7 Å². The van der Waals surface area contributed by atoms with Crippen LogP contribution in [0, 0.1) is 0 Å². The van der Waals surface area contributed by atoms with Crippen molar-refractivity contribution in [1.29, 1.82) is 0 Å². The summed E-state index contributed by atoms with van der Waals surface area (Å²) in [5.41, 5.74) is 5.01. The quantitative estimate of drug-likeness (QED) is 0.557. The van der Waals surface area contributed by atoms with Crippen LogP contribution in [-0.2, 0) is 26.6 Å². The lowest BCUT2D eigenvalue weighted by atomic mass is 10.1. The Kier molecular flexibility index (Phi) is 4.80. The Morgan fingerprint density at radius 2 is 1.96 bits per heavy atom. The zero-order valence-electron chi connectivity index (χ0n) is 15.0. The number of H-pyrrole nitrogens is 1. The largest absolute Gasteiger partial charge is 0.361 e. The molecule has 4 aromatic rings. The summed E-state index contributed by atoms with van der Waals surface area (Å²) in [6, 6.07) is 14.7. The van der Waals surface area contributed by atoms with Crippen molar-refractivity contribution in [3.8, 4) is 0 Å².